The summed E-state index contributed by atoms with van der Waals surface area (Å²) < 4.78 is 1.02. The van der Waals surface area contributed by atoms with Gasteiger partial charge in [0.2, 0.25) is 0 Å². The molecule has 0 aromatic heterocycles. The van der Waals surface area contributed by atoms with E-state index in [2.05, 4.69) is 35.0 Å². The van der Waals surface area contributed by atoms with E-state index in [0.717, 1.165) is 33.4 Å². The molecule has 1 aliphatic rings. The fourth-order valence-corrected chi connectivity index (χ4v) is 3.58. The molecule has 2 nitrogen and oxygen atoms in total. The van der Waals surface area contributed by atoms with E-state index in [1.807, 2.05) is 78.9 Å². The Labute approximate surface area is 174 Å². The van der Waals surface area contributed by atoms with Crippen LogP contribution in [-0.4, -0.2) is 5.91 Å². The van der Waals surface area contributed by atoms with Gasteiger partial charge in [0, 0.05) is 15.7 Å². The summed E-state index contributed by atoms with van der Waals surface area (Å²) in [6, 6.07) is 26.2. The lowest BCUT2D eigenvalue weighted by atomic mass is 10.1. The molecule has 138 valence electrons. The van der Waals surface area contributed by atoms with Crippen LogP contribution in [0.1, 0.15) is 23.6 Å². The number of carbonyl (C=O) groups excluding carboxylic acids is 1. The molecule has 1 aliphatic heterocycles. The lowest BCUT2D eigenvalue weighted by Crippen LogP contribution is -2.24. The van der Waals surface area contributed by atoms with Crippen LogP contribution in [0.25, 0.3) is 11.8 Å². The Morgan fingerprint density at radius 2 is 1.57 bits per heavy atom. The van der Waals surface area contributed by atoms with Gasteiger partial charge < -0.3 is 0 Å². The van der Waals surface area contributed by atoms with Crippen LogP contribution >= 0.6 is 15.9 Å². The molecule has 0 N–H and O–H groups in total. The van der Waals surface area contributed by atoms with Crippen molar-refractivity contribution in [1.82, 2.24) is 0 Å². The second-order valence-corrected chi connectivity index (χ2v) is 7.62. The van der Waals surface area contributed by atoms with Gasteiger partial charge in [0.15, 0.2) is 0 Å². The number of hydrogen-bond acceptors (Lipinski definition) is 1. The van der Waals surface area contributed by atoms with Gasteiger partial charge in [0.25, 0.3) is 5.91 Å². The molecule has 3 aromatic rings. The maximum atomic E-state index is 13.3. The minimum atomic E-state index is -0.00831. The first-order chi connectivity index (χ1) is 13.7. The van der Waals surface area contributed by atoms with E-state index in [9.17, 15) is 4.79 Å². The van der Waals surface area contributed by atoms with Crippen LogP contribution < -0.4 is 4.90 Å². The average Bonchev–Trinajstić information content (AvgIpc) is 3.06. The highest BCUT2D eigenvalue weighted by Crippen LogP contribution is 2.35. The summed E-state index contributed by atoms with van der Waals surface area (Å²) in [5.41, 5.74) is 5.75. The van der Waals surface area contributed by atoms with Crippen molar-refractivity contribution in [3.63, 3.8) is 0 Å². The number of anilines is 1. The zero-order valence-electron chi connectivity index (χ0n) is 15.6. The molecule has 0 saturated heterocycles. The van der Waals surface area contributed by atoms with Crippen LogP contribution in [-0.2, 0) is 11.2 Å². The molecule has 0 spiro atoms. The molecule has 0 fully saturated rings. The van der Waals surface area contributed by atoms with E-state index >= 15 is 0 Å². The van der Waals surface area contributed by atoms with Crippen molar-refractivity contribution in [3.8, 4) is 0 Å². The Kier molecular flexibility index (Phi) is 5.27. The number of nitrogens with zero attached hydrogens (tertiary/aromatic N) is 1. The largest absolute Gasteiger partial charge is 0.276 e. The standard InChI is InChI=1S/C25H20BrNO/c1-2-18-10-14-23(15-11-18)27-24(20-6-4-3-5-7-20)17-21(25(27)28)16-19-8-12-22(26)13-9-19/h3-17H,2H2,1H3/b21-16+. The number of amides is 1. The third kappa shape index (κ3) is 3.71. The average molecular weight is 430 g/mol. The Bertz CT molecular complexity index is 1050. The summed E-state index contributed by atoms with van der Waals surface area (Å²) in [4.78, 5) is 15.1. The van der Waals surface area contributed by atoms with E-state index in [4.69, 9.17) is 0 Å². The summed E-state index contributed by atoms with van der Waals surface area (Å²) >= 11 is 3.45. The molecule has 0 atom stereocenters. The van der Waals surface area contributed by atoms with Crippen molar-refractivity contribution >= 4 is 39.3 Å². The fraction of sp³-hybridized carbons (Fsp3) is 0.0800. The monoisotopic (exact) mass is 429 g/mol. The van der Waals surface area contributed by atoms with E-state index in [1.54, 1.807) is 4.90 Å². The maximum Gasteiger partial charge on any atom is 0.262 e. The first-order valence-electron chi connectivity index (χ1n) is 9.33. The normalized spacial score (nSPS) is 15.2. The van der Waals surface area contributed by atoms with E-state index in [-0.39, 0.29) is 5.91 Å². The van der Waals surface area contributed by atoms with Gasteiger partial charge in [0.1, 0.15) is 0 Å². The van der Waals surface area contributed by atoms with Gasteiger partial charge in [-0.15, -0.1) is 0 Å². The maximum absolute atomic E-state index is 13.3. The van der Waals surface area contributed by atoms with Gasteiger partial charge in [0.05, 0.1) is 5.70 Å². The predicted molar refractivity (Wildman–Crippen MR) is 120 cm³/mol. The third-order valence-corrected chi connectivity index (χ3v) is 5.38. The Hall–Kier alpha value is -2.91. The predicted octanol–water partition coefficient (Wildman–Crippen LogP) is 6.48. The van der Waals surface area contributed by atoms with Crippen LogP contribution in [0.15, 0.2) is 95.0 Å². The van der Waals surface area contributed by atoms with E-state index in [1.165, 1.54) is 5.56 Å². The molecule has 3 heteroatoms. The van der Waals surface area contributed by atoms with Crippen molar-refractivity contribution in [3.05, 3.63) is 112 Å². The molecular formula is C25H20BrNO. The van der Waals surface area contributed by atoms with Gasteiger partial charge in [-0.3, -0.25) is 9.69 Å². The quantitative estimate of drug-likeness (QED) is 0.434. The van der Waals surface area contributed by atoms with Crippen LogP contribution in [0, 0.1) is 0 Å². The van der Waals surface area contributed by atoms with Crippen molar-refractivity contribution in [2.45, 2.75) is 13.3 Å². The highest BCUT2D eigenvalue weighted by molar-refractivity contribution is 9.10. The van der Waals surface area contributed by atoms with Crippen molar-refractivity contribution in [2.75, 3.05) is 4.90 Å². The summed E-state index contributed by atoms with van der Waals surface area (Å²) in [5, 5.41) is 0. The number of aryl methyl sites for hydroxylation is 1. The molecule has 0 radical (unpaired) electrons. The minimum absolute atomic E-state index is 0.00831. The third-order valence-electron chi connectivity index (χ3n) is 4.85. The van der Waals surface area contributed by atoms with Crippen molar-refractivity contribution in [1.29, 1.82) is 0 Å². The first-order valence-corrected chi connectivity index (χ1v) is 10.1. The first kappa shape index (κ1) is 18.5. The van der Waals surface area contributed by atoms with Crippen LogP contribution in [0.3, 0.4) is 0 Å². The molecule has 4 rings (SSSR count). The van der Waals surface area contributed by atoms with E-state index < -0.39 is 0 Å². The SMILES string of the molecule is CCc1ccc(N2C(=O)/C(=C/c3ccc(Br)cc3)C=C2c2ccccc2)cc1. The number of hydrogen-bond donors (Lipinski definition) is 0. The van der Waals surface area contributed by atoms with Gasteiger partial charge >= 0.3 is 0 Å². The summed E-state index contributed by atoms with van der Waals surface area (Å²) in [7, 11) is 0. The number of carbonyl (C=O) groups is 1. The molecule has 28 heavy (non-hydrogen) atoms. The van der Waals surface area contributed by atoms with Crippen molar-refractivity contribution < 1.29 is 4.79 Å². The molecule has 0 unspecified atom stereocenters. The highest BCUT2D eigenvalue weighted by atomic mass is 79.9. The van der Waals surface area contributed by atoms with Gasteiger partial charge in [-0.25, -0.2) is 0 Å². The zero-order valence-corrected chi connectivity index (χ0v) is 17.2. The molecule has 1 heterocycles. The molecule has 0 bridgehead atoms. The number of rotatable bonds is 4. The van der Waals surface area contributed by atoms with Gasteiger partial charge in [-0.1, -0.05) is 77.5 Å². The fourth-order valence-electron chi connectivity index (χ4n) is 3.31. The second kappa shape index (κ2) is 7.99. The van der Waals surface area contributed by atoms with Crippen molar-refractivity contribution in [2.24, 2.45) is 0 Å². The second-order valence-electron chi connectivity index (χ2n) is 6.71. The molecule has 1 amide bonds. The molecular weight excluding hydrogens is 410 g/mol. The Morgan fingerprint density at radius 1 is 0.893 bits per heavy atom. The lowest BCUT2D eigenvalue weighted by Gasteiger charge is -2.21. The molecule has 0 aliphatic carbocycles. The Balaban J connectivity index is 1.79. The number of benzene rings is 3. The van der Waals surface area contributed by atoms with Crippen LogP contribution in [0.2, 0.25) is 0 Å². The van der Waals surface area contributed by atoms with Crippen LogP contribution in [0.4, 0.5) is 5.69 Å². The topological polar surface area (TPSA) is 20.3 Å². The zero-order chi connectivity index (χ0) is 19.5. The molecule has 0 saturated carbocycles. The highest BCUT2D eigenvalue weighted by Gasteiger charge is 2.30. The smallest absolute Gasteiger partial charge is 0.262 e. The van der Waals surface area contributed by atoms with Gasteiger partial charge in [-0.2, -0.15) is 0 Å². The summed E-state index contributed by atoms with van der Waals surface area (Å²) in [6.45, 7) is 2.13. The molecule has 3 aromatic carbocycles. The minimum Gasteiger partial charge on any atom is -0.276 e. The summed E-state index contributed by atoms with van der Waals surface area (Å²) in [5.74, 6) is -0.00831. The van der Waals surface area contributed by atoms with Crippen LogP contribution in [0.5, 0.6) is 0 Å². The summed E-state index contributed by atoms with van der Waals surface area (Å²) in [6.07, 6.45) is 4.90. The lowest BCUT2D eigenvalue weighted by molar-refractivity contribution is -0.113. The Morgan fingerprint density at radius 3 is 2.21 bits per heavy atom. The van der Waals surface area contributed by atoms with Gasteiger partial charge in [-0.05, 0) is 59.5 Å². The number of halogens is 1. The van der Waals surface area contributed by atoms with E-state index in [0.29, 0.717) is 5.57 Å².